The number of hydrogen-bond acceptors (Lipinski definition) is 9. The summed E-state index contributed by atoms with van der Waals surface area (Å²) in [6.07, 6.45) is 3.44. The first-order valence-corrected chi connectivity index (χ1v) is 14.5. The van der Waals surface area contributed by atoms with E-state index < -0.39 is 84.4 Å². The first kappa shape index (κ1) is 37.8. The third-order valence-electron chi connectivity index (χ3n) is 6.13. The van der Waals surface area contributed by atoms with Crippen molar-refractivity contribution in [1.29, 1.82) is 0 Å². The Balaban J connectivity index is 0.000000261. The van der Waals surface area contributed by atoms with E-state index in [0.717, 1.165) is 18.5 Å². The molecule has 4 heterocycles. The number of carbonyl (C=O) groups excluding carboxylic acids is 1. The Morgan fingerprint density at radius 1 is 0.771 bits per heavy atom. The molecule has 0 atom stereocenters. The number of alkyl halides is 4. The fraction of sp³-hybridized carbons (Fsp3) is 0.267. The molecule has 0 aliphatic rings. The summed E-state index contributed by atoms with van der Waals surface area (Å²) < 4.78 is 89.4. The number of carbonyl (C=O) groups is 2. The van der Waals surface area contributed by atoms with Gasteiger partial charge >= 0.3 is 23.8 Å². The summed E-state index contributed by atoms with van der Waals surface area (Å²) in [6, 6.07) is 8.14. The zero-order valence-corrected chi connectivity index (χ0v) is 26.3. The van der Waals surface area contributed by atoms with Gasteiger partial charge in [-0.05, 0) is 31.2 Å². The van der Waals surface area contributed by atoms with Crippen molar-refractivity contribution in [3.8, 4) is 0 Å². The summed E-state index contributed by atoms with van der Waals surface area (Å²) in [5, 5.41) is 12.8. The number of hydrogen-bond donors (Lipinski definition) is 3. The van der Waals surface area contributed by atoms with E-state index in [9.17, 15) is 35.9 Å². The Labute approximate surface area is 279 Å². The van der Waals surface area contributed by atoms with Crippen LogP contribution in [0.5, 0.6) is 0 Å². The minimum absolute atomic E-state index is 0.0902. The van der Waals surface area contributed by atoms with Crippen molar-refractivity contribution in [2.75, 3.05) is 30.3 Å². The van der Waals surface area contributed by atoms with E-state index >= 15 is 0 Å². The van der Waals surface area contributed by atoms with E-state index in [-0.39, 0.29) is 27.8 Å². The molecule has 18 heteroatoms. The molecule has 0 amide bonds. The van der Waals surface area contributed by atoms with Gasteiger partial charge in [0.15, 0.2) is 23.3 Å². The molecule has 0 spiro atoms. The number of aromatic nitrogens is 4. The summed E-state index contributed by atoms with van der Waals surface area (Å²) in [4.78, 5) is 36.6. The van der Waals surface area contributed by atoms with Gasteiger partial charge in [0.2, 0.25) is 0 Å². The maximum Gasteiger partial charge on any atom is 0.310 e. The highest BCUT2D eigenvalue weighted by molar-refractivity contribution is 6.31. The van der Waals surface area contributed by atoms with E-state index in [1.165, 1.54) is 42.7 Å². The Bertz CT molecular complexity index is 1710. The number of ether oxygens (including phenoxy) is 1. The van der Waals surface area contributed by atoms with Gasteiger partial charge in [0.05, 0.1) is 42.6 Å². The smallest absolute Gasteiger partial charge is 0.310 e. The lowest BCUT2D eigenvalue weighted by Gasteiger charge is -2.17. The normalized spacial score (nSPS) is 11.3. The number of carboxylic acid groups (broad SMARTS) is 1. The van der Waals surface area contributed by atoms with Crippen molar-refractivity contribution >= 4 is 46.8 Å². The van der Waals surface area contributed by atoms with Crippen LogP contribution in [0.1, 0.15) is 29.4 Å². The Hall–Kier alpha value is -4.70. The van der Waals surface area contributed by atoms with Crippen LogP contribution in [-0.2, 0) is 39.0 Å². The second-order valence-electron chi connectivity index (χ2n) is 9.59. The van der Waals surface area contributed by atoms with Crippen LogP contribution in [0.15, 0.2) is 61.2 Å². The van der Waals surface area contributed by atoms with Gasteiger partial charge in [-0.2, -0.15) is 17.6 Å². The molecule has 256 valence electrons. The molecule has 4 aromatic heterocycles. The van der Waals surface area contributed by atoms with E-state index in [1.807, 2.05) is 0 Å². The van der Waals surface area contributed by atoms with Crippen molar-refractivity contribution in [3.05, 3.63) is 105 Å². The number of anilines is 2. The fourth-order valence-electron chi connectivity index (χ4n) is 3.81. The van der Waals surface area contributed by atoms with Crippen molar-refractivity contribution < 1.29 is 45.8 Å². The Morgan fingerprint density at radius 2 is 1.21 bits per heavy atom. The zero-order chi connectivity index (χ0) is 35.5. The standard InChI is InChI=1S/C16H15ClF3N3O2.C14H11ClF3N3O2/c1-2-25-13(24)7-10-11(17)8-22-15(14(10)18)23-9-16(19,20)12-5-3-4-6-21-12;15-9-6-20-13(12(16)8(9)5-11(22)23)21-7-14(17,18)10-3-1-2-4-19-10/h3-6,8H,2,7,9H2,1H3,(H,22,23);1-4,6H,5,7H2,(H,20,21)(H,22,23). The van der Waals surface area contributed by atoms with Crippen LogP contribution in [0.2, 0.25) is 10.0 Å². The van der Waals surface area contributed by atoms with Crippen LogP contribution in [0.3, 0.4) is 0 Å². The average Bonchev–Trinajstić information content (AvgIpc) is 3.05. The summed E-state index contributed by atoms with van der Waals surface area (Å²) in [7, 11) is 0. The molecular weight excluding hydrogens is 693 g/mol. The van der Waals surface area contributed by atoms with Gasteiger partial charge < -0.3 is 20.5 Å². The van der Waals surface area contributed by atoms with Crippen molar-refractivity contribution in [1.82, 2.24) is 19.9 Å². The molecule has 3 N–H and O–H groups in total. The van der Waals surface area contributed by atoms with Crippen LogP contribution >= 0.6 is 23.2 Å². The number of halogens is 8. The van der Waals surface area contributed by atoms with Crippen LogP contribution in [0.4, 0.5) is 38.0 Å². The molecule has 0 aliphatic carbocycles. The summed E-state index contributed by atoms with van der Waals surface area (Å²) in [6.45, 7) is -0.143. The number of pyridine rings is 4. The number of aliphatic carboxylic acids is 1. The highest BCUT2D eigenvalue weighted by Crippen LogP contribution is 2.30. The van der Waals surface area contributed by atoms with Gasteiger partial charge in [0.1, 0.15) is 11.4 Å². The molecule has 10 nitrogen and oxygen atoms in total. The Kier molecular flexibility index (Phi) is 13.3. The second kappa shape index (κ2) is 16.9. The van der Waals surface area contributed by atoms with Gasteiger partial charge in [-0.3, -0.25) is 19.6 Å². The first-order chi connectivity index (χ1) is 22.7. The third-order valence-corrected chi connectivity index (χ3v) is 6.78. The first-order valence-electron chi connectivity index (χ1n) is 13.8. The largest absolute Gasteiger partial charge is 0.481 e. The maximum absolute atomic E-state index is 14.4. The average molecular weight is 719 g/mol. The van der Waals surface area contributed by atoms with Gasteiger partial charge in [0.25, 0.3) is 0 Å². The molecule has 0 aromatic carbocycles. The molecule has 0 saturated carbocycles. The lowest BCUT2D eigenvalue weighted by atomic mass is 10.1. The number of rotatable bonds is 13. The minimum atomic E-state index is -3.36. The quantitative estimate of drug-likeness (QED) is 0.101. The van der Waals surface area contributed by atoms with Gasteiger partial charge in [-0.15, -0.1) is 0 Å². The molecule has 0 aliphatic heterocycles. The number of nitrogens with one attached hydrogen (secondary N) is 2. The van der Waals surface area contributed by atoms with E-state index in [0.29, 0.717) is 0 Å². The maximum atomic E-state index is 14.4. The fourth-order valence-corrected chi connectivity index (χ4v) is 4.21. The molecule has 48 heavy (non-hydrogen) atoms. The van der Waals surface area contributed by atoms with Crippen molar-refractivity contribution in [2.45, 2.75) is 31.6 Å². The molecule has 0 fully saturated rings. The predicted molar refractivity (Wildman–Crippen MR) is 163 cm³/mol. The van der Waals surface area contributed by atoms with Gasteiger partial charge in [-0.1, -0.05) is 35.3 Å². The molecule has 0 radical (unpaired) electrons. The van der Waals surface area contributed by atoms with E-state index in [4.69, 9.17) is 33.0 Å². The van der Waals surface area contributed by atoms with Crippen molar-refractivity contribution in [2.24, 2.45) is 0 Å². The number of esters is 1. The second-order valence-corrected chi connectivity index (χ2v) is 10.4. The summed E-state index contributed by atoms with van der Waals surface area (Å²) in [5.74, 6) is -11.7. The number of nitrogens with zero attached hydrogens (tertiary/aromatic N) is 4. The SMILES string of the molecule is CCOC(=O)Cc1c(Cl)cnc(NCC(F)(F)c2ccccn2)c1F.O=C(O)Cc1c(Cl)cnc(NCC(F)(F)c2ccccn2)c1F. The van der Waals surface area contributed by atoms with E-state index in [1.54, 1.807) is 6.92 Å². The van der Waals surface area contributed by atoms with E-state index in [2.05, 4.69) is 30.6 Å². The Morgan fingerprint density at radius 3 is 1.58 bits per heavy atom. The van der Waals surface area contributed by atoms with Crippen LogP contribution in [0.25, 0.3) is 0 Å². The molecular formula is C30H26Cl2F6N6O4. The highest BCUT2D eigenvalue weighted by Gasteiger charge is 2.34. The molecule has 4 aromatic rings. The number of carboxylic acids is 1. The molecule has 4 rings (SSSR count). The third kappa shape index (κ3) is 10.4. The molecule has 0 bridgehead atoms. The van der Waals surface area contributed by atoms with Crippen molar-refractivity contribution in [3.63, 3.8) is 0 Å². The summed E-state index contributed by atoms with van der Waals surface area (Å²) in [5.41, 5.74) is -1.42. The molecule has 0 unspecified atom stereocenters. The zero-order valence-electron chi connectivity index (χ0n) is 24.8. The highest BCUT2D eigenvalue weighted by atomic mass is 35.5. The van der Waals surface area contributed by atoms with Gasteiger partial charge in [0, 0.05) is 35.9 Å². The minimum Gasteiger partial charge on any atom is -0.481 e. The summed E-state index contributed by atoms with van der Waals surface area (Å²) >= 11 is 11.5. The monoisotopic (exact) mass is 718 g/mol. The van der Waals surface area contributed by atoms with Crippen LogP contribution in [0, 0.1) is 11.6 Å². The topological polar surface area (TPSA) is 139 Å². The lowest BCUT2D eigenvalue weighted by molar-refractivity contribution is -0.142. The van der Waals surface area contributed by atoms with Crippen LogP contribution < -0.4 is 10.6 Å². The molecule has 0 saturated heterocycles. The predicted octanol–water partition coefficient (Wildman–Crippen LogP) is 6.68. The van der Waals surface area contributed by atoms with Crippen LogP contribution in [-0.4, -0.2) is 56.7 Å². The van der Waals surface area contributed by atoms with Gasteiger partial charge in [-0.25, -0.2) is 18.7 Å². The lowest BCUT2D eigenvalue weighted by Crippen LogP contribution is -2.26.